The quantitative estimate of drug-likeness (QED) is 0.0763. The average Bonchev–Trinajstić information content (AvgIpc) is 3.44. The van der Waals surface area contributed by atoms with Crippen LogP contribution in [0.25, 0.3) is 0 Å². The van der Waals surface area contributed by atoms with Crippen LogP contribution in [0.2, 0.25) is 0 Å². The molecule has 1 heterocycles. The molecule has 3 aromatic rings. The Morgan fingerprint density at radius 1 is 0.885 bits per heavy atom. The fourth-order valence-corrected chi connectivity index (χ4v) is 11.5. The number of nitrogens with one attached hydrogen (secondary N) is 2. The number of rotatable bonds is 18. The van der Waals surface area contributed by atoms with Crippen molar-refractivity contribution >= 4 is 70.5 Å². The minimum atomic E-state index is -2.16. The van der Waals surface area contributed by atoms with Gasteiger partial charge in [0.15, 0.2) is 0 Å². The number of nitrogens with zero attached hydrogens (tertiary/aromatic N) is 1. The molecular formula is C37H44BrN4O8PS. The van der Waals surface area contributed by atoms with E-state index in [1.54, 1.807) is 0 Å². The van der Waals surface area contributed by atoms with Crippen molar-refractivity contribution in [1.82, 2.24) is 15.5 Å². The molecule has 1 saturated heterocycles. The van der Waals surface area contributed by atoms with Gasteiger partial charge in [-0.05, 0) is 42.8 Å². The number of ether oxygens (including phenoxy) is 2. The number of nitrogens with two attached hydrogens (primary N) is 1. The summed E-state index contributed by atoms with van der Waals surface area (Å²) in [7, 11) is 0.206. The van der Waals surface area contributed by atoms with Gasteiger partial charge in [-0.2, -0.15) is 0 Å². The minimum Gasteiger partial charge on any atom is -1.00 e. The zero-order valence-electron chi connectivity index (χ0n) is 29.1. The topological polar surface area (TPSA) is 174 Å². The van der Waals surface area contributed by atoms with Crippen LogP contribution in [0.5, 0.6) is 0 Å². The Balaban J connectivity index is 0.00000729. The van der Waals surface area contributed by atoms with Gasteiger partial charge >= 0.3 is 11.9 Å². The second-order valence-corrected chi connectivity index (χ2v) is 16.7. The van der Waals surface area contributed by atoms with Crippen LogP contribution in [0, 0.1) is 0 Å². The van der Waals surface area contributed by atoms with Crippen molar-refractivity contribution in [2.75, 3.05) is 39.2 Å². The number of hydrogen-bond acceptors (Lipinski definition) is 10. The predicted molar refractivity (Wildman–Crippen MR) is 198 cm³/mol. The molecule has 0 spiro atoms. The van der Waals surface area contributed by atoms with E-state index in [0.29, 0.717) is 6.42 Å². The van der Waals surface area contributed by atoms with Crippen molar-refractivity contribution in [2.45, 2.75) is 43.0 Å². The van der Waals surface area contributed by atoms with Gasteiger partial charge in [-0.3, -0.25) is 33.7 Å². The molecule has 1 aliphatic heterocycles. The number of likely N-dealkylation sites (tertiary alicyclic amines) is 1. The van der Waals surface area contributed by atoms with Crippen molar-refractivity contribution < 1.29 is 55.2 Å². The lowest BCUT2D eigenvalue weighted by Gasteiger charge is -2.28. The van der Waals surface area contributed by atoms with Crippen LogP contribution in [-0.4, -0.2) is 97.0 Å². The number of halogens is 1. The van der Waals surface area contributed by atoms with Crippen LogP contribution >= 0.6 is 19.0 Å². The highest BCUT2D eigenvalue weighted by atomic mass is 79.9. The molecule has 4 amide bonds. The van der Waals surface area contributed by atoms with Crippen molar-refractivity contribution in [1.29, 1.82) is 0 Å². The molecule has 0 radical (unpaired) electrons. The number of benzene rings is 3. The van der Waals surface area contributed by atoms with E-state index in [2.05, 4.69) is 56.5 Å². The highest BCUT2D eigenvalue weighted by Crippen LogP contribution is 2.55. The number of amides is 4. The van der Waals surface area contributed by atoms with Gasteiger partial charge in [-0.25, -0.2) is 0 Å². The fourth-order valence-electron chi connectivity index (χ4n) is 5.94. The van der Waals surface area contributed by atoms with Gasteiger partial charge in [-0.15, -0.1) is 11.8 Å². The lowest BCUT2D eigenvalue weighted by Crippen LogP contribution is -3.00. The first-order valence-electron chi connectivity index (χ1n) is 16.6. The highest BCUT2D eigenvalue weighted by molar-refractivity contribution is 8.00. The lowest BCUT2D eigenvalue weighted by atomic mass is 10.1. The second kappa shape index (κ2) is 20.8. The molecule has 12 nitrogen and oxygen atoms in total. The number of thioether (sulfide) groups is 1. The maximum Gasteiger partial charge on any atom is 0.325 e. The van der Waals surface area contributed by atoms with Gasteiger partial charge in [0.25, 0.3) is 0 Å². The van der Waals surface area contributed by atoms with Crippen LogP contribution in [0.1, 0.15) is 25.7 Å². The molecule has 4 N–H and O–H groups in total. The molecule has 1 fully saturated rings. The van der Waals surface area contributed by atoms with Crippen molar-refractivity contribution in [3.63, 3.8) is 0 Å². The molecule has 52 heavy (non-hydrogen) atoms. The second-order valence-electron chi connectivity index (χ2n) is 11.9. The Kier molecular flexibility index (Phi) is 16.9. The van der Waals surface area contributed by atoms with E-state index in [0.717, 1.165) is 17.9 Å². The molecular weight excluding hydrogens is 771 g/mol. The van der Waals surface area contributed by atoms with Gasteiger partial charge in [0, 0.05) is 31.6 Å². The molecule has 0 aliphatic carbocycles. The zero-order valence-corrected chi connectivity index (χ0v) is 32.4. The summed E-state index contributed by atoms with van der Waals surface area (Å²) < 4.78 is 9.16. The van der Waals surface area contributed by atoms with Crippen LogP contribution in [0.15, 0.2) is 91.0 Å². The number of methoxy groups -OCH3 is 2. The van der Waals surface area contributed by atoms with Crippen molar-refractivity contribution in [2.24, 2.45) is 5.73 Å². The van der Waals surface area contributed by atoms with Gasteiger partial charge in [-0.1, -0.05) is 54.6 Å². The number of carbonyl (C=O) groups excluding carboxylic acids is 6. The first-order chi connectivity index (χ1) is 24.6. The van der Waals surface area contributed by atoms with E-state index in [1.165, 1.54) is 35.0 Å². The van der Waals surface area contributed by atoms with E-state index in [-0.39, 0.29) is 60.4 Å². The summed E-state index contributed by atoms with van der Waals surface area (Å²) in [6.45, 7) is -0.184. The summed E-state index contributed by atoms with van der Waals surface area (Å²) in [5.74, 6) is -3.29. The molecule has 3 aromatic carbocycles. The Labute approximate surface area is 319 Å². The molecule has 3 atom stereocenters. The van der Waals surface area contributed by atoms with Gasteiger partial charge in [0.2, 0.25) is 23.6 Å². The minimum absolute atomic E-state index is 0. The molecule has 0 aromatic heterocycles. The van der Waals surface area contributed by atoms with Crippen LogP contribution in [0.3, 0.4) is 0 Å². The smallest absolute Gasteiger partial charge is 0.325 e. The van der Waals surface area contributed by atoms with E-state index in [9.17, 15) is 28.8 Å². The molecule has 15 heteroatoms. The highest BCUT2D eigenvalue weighted by Gasteiger charge is 2.46. The number of esters is 2. The predicted octanol–water partition coefficient (Wildman–Crippen LogP) is -1.71. The monoisotopic (exact) mass is 814 g/mol. The number of hydrogen-bond donors (Lipinski definition) is 3. The van der Waals surface area contributed by atoms with E-state index in [4.69, 9.17) is 5.73 Å². The summed E-state index contributed by atoms with van der Waals surface area (Å²) in [6.07, 6.45) is 1.07. The normalized spacial score (nSPS) is 15.2. The maximum atomic E-state index is 13.6. The van der Waals surface area contributed by atoms with E-state index >= 15 is 0 Å². The maximum absolute atomic E-state index is 13.6. The zero-order chi connectivity index (χ0) is 36.8. The van der Waals surface area contributed by atoms with Crippen LogP contribution in [-0.2, 0) is 38.2 Å². The lowest BCUT2D eigenvalue weighted by molar-refractivity contribution is -0.142. The molecule has 0 saturated carbocycles. The molecule has 1 aliphatic rings. The summed E-state index contributed by atoms with van der Waals surface area (Å²) in [5, 5.41) is 7.88. The first-order valence-corrected chi connectivity index (χ1v) is 19.6. The molecule has 3 unspecified atom stereocenters. The number of imide groups is 1. The standard InChI is InChI=1S/C37H43N4O8PS.BrH/c1-48-34(44)24-39-35(45)30(40-32(42)20-19-29(38)37(47)49-2)25-51-31-23-33(43)41(36(31)46)21-12-22-50(26-13-6-3-7-14-26,27-15-8-4-9-16-27)28-17-10-5-11-18-28;/h3-11,13-18,29-31H,12,19-25,38H2,1-2H3,(H-,39,40,42,45);1H. The summed E-state index contributed by atoms with van der Waals surface area (Å²) in [6, 6.07) is 28.9. The van der Waals surface area contributed by atoms with E-state index in [1.807, 2.05) is 54.6 Å². The Morgan fingerprint density at radius 3 is 1.92 bits per heavy atom. The average molecular weight is 816 g/mol. The number of carbonyl (C=O) groups is 6. The summed E-state index contributed by atoms with van der Waals surface area (Å²) in [4.78, 5) is 77.1. The van der Waals surface area contributed by atoms with Crippen LogP contribution in [0.4, 0.5) is 0 Å². The van der Waals surface area contributed by atoms with Crippen molar-refractivity contribution in [3.05, 3.63) is 91.0 Å². The van der Waals surface area contributed by atoms with Crippen molar-refractivity contribution in [3.8, 4) is 0 Å². The Bertz CT molecular complexity index is 1580. The molecule has 4 rings (SSSR count). The third-order valence-electron chi connectivity index (χ3n) is 8.61. The largest absolute Gasteiger partial charge is 1.00 e. The summed E-state index contributed by atoms with van der Waals surface area (Å²) in [5.41, 5.74) is 5.73. The van der Waals surface area contributed by atoms with Gasteiger partial charge in [0.1, 0.15) is 41.8 Å². The SMILES string of the molecule is COC(=O)CNC(=O)C(CSC1CC(=O)N(CCC[P+](c2ccccc2)(c2ccccc2)c2ccccc2)C1=O)NC(=O)CCC(N)C(=O)OC.[Br-]. The fraction of sp³-hybridized carbons (Fsp3) is 0.351. The summed E-state index contributed by atoms with van der Waals surface area (Å²) >= 11 is 1.08. The van der Waals surface area contributed by atoms with Gasteiger partial charge in [0.05, 0.1) is 25.6 Å². The van der Waals surface area contributed by atoms with Crippen LogP contribution < -0.4 is 49.3 Å². The third kappa shape index (κ3) is 11.0. The Hall–Kier alpha value is -4.10. The molecule has 0 bridgehead atoms. The molecule has 278 valence electrons. The first kappa shape index (κ1) is 42.3. The Morgan fingerprint density at radius 2 is 1.42 bits per heavy atom. The third-order valence-corrected chi connectivity index (χ3v) is 14.4. The van der Waals surface area contributed by atoms with E-state index < -0.39 is 54.9 Å². The van der Waals surface area contributed by atoms with Gasteiger partial charge < -0.3 is 42.8 Å².